The number of hydrogen-bond donors (Lipinski definition) is 0. The zero-order valence-electron chi connectivity index (χ0n) is 12.7. The van der Waals surface area contributed by atoms with E-state index in [1.165, 1.54) is 36.6 Å². The predicted molar refractivity (Wildman–Crippen MR) is 88.9 cm³/mol. The van der Waals surface area contributed by atoms with E-state index in [1.54, 1.807) is 24.3 Å². The van der Waals surface area contributed by atoms with Crippen LogP contribution in [0.25, 0.3) is 22.3 Å². The molecule has 0 unspecified atom stereocenters. The third kappa shape index (κ3) is 3.14. The first-order valence-corrected chi connectivity index (χ1v) is 8.93. The van der Waals surface area contributed by atoms with E-state index in [2.05, 4.69) is 0 Å². The van der Waals surface area contributed by atoms with E-state index in [9.17, 15) is 17.6 Å². The molecule has 0 spiro atoms. The molecule has 0 amide bonds. The Labute approximate surface area is 138 Å². The van der Waals surface area contributed by atoms with Crippen LogP contribution in [0.4, 0.5) is 4.39 Å². The number of sulfone groups is 1. The molecule has 0 saturated heterocycles. The Hall–Kier alpha value is -2.73. The van der Waals surface area contributed by atoms with Crippen LogP contribution in [0.3, 0.4) is 0 Å². The van der Waals surface area contributed by atoms with Crippen molar-refractivity contribution in [2.24, 2.45) is 0 Å². The molecule has 4 nitrogen and oxygen atoms in total. The number of hydrogen-bond acceptors (Lipinski definition) is 4. The lowest BCUT2D eigenvalue weighted by Gasteiger charge is -2.09. The summed E-state index contributed by atoms with van der Waals surface area (Å²) >= 11 is 0. The first-order chi connectivity index (χ1) is 11.4. The topological polar surface area (TPSA) is 64.3 Å². The summed E-state index contributed by atoms with van der Waals surface area (Å²) in [6.45, 7) is 0. The summed E-state index contributed by atoms with van der Waals surface area (Å²) in [5.41, 5.74) is 1.20. The van der Waals surface area contributed by atoms with E-state index in [0.29, 0.717) is 16.7 Å². The molecule has 0 radical (unpaired) electrons. The fraction of sp³-hybridized carbons (Fsp3) is 0.0556. The van der Waals surface area contributed by atoms with Crippen molar-refractivity contribution in [2.75, 3.05) is 6.26 Å². The average molecular weight is 344 g/mol. The quantitative estimate of drug-likeness (QED) is 0.729. The molecule has 0 bridgehead atoms. The van der Waals surface area contributed by atoms with Gasteiger partial charge in [0, 0.05) is 6.26 Å². The van der Waals surface area contributed by atoms with Crippen LogP contribution in [-0.4, -0.2) is 14.7 Å². The molecule has 1 aromatic heterocycles. The summed E-state index contributed by atoms with van der Waals surface area (Å²) in [4.78, 5) is 12.3. The Morgan fingerprint density at radius 3 is 2.29 bits per heavy atom. The Morgan fingerprint density at radius 1 is 0.958 bits per heavy atom. The van der Waals surface area contributed by atoms with Crippen molar-refractivity contribution < 1.29 is 17.2 Å². The molecule has 0 N–H and O–H groups in total. The first-order valence-electron chi connectivity index (χ1n) is 7.04. The van der Waals surface area contributed by atoms with Crippen molar-refractivity contribution in [3.63, 3.8) is 0 Å². The zero-order chi connectivity index (χ0) is 17.3. The van der Waals surface area contributed by atoms with Crippen molar-refractivity contribution in [2.45, 2.75) is 4.90 Å². The van der Waals surface area contributed by atoms with Gasteiger partial charge in [-0.1, -0.05) is 24.3 Å². The summed E-state index contributed by atoms with van der Waals surface area (Å²) in [6, 6.07) is 13.4. The van der Waals surface area contributed by atoms with E-state index in [4.69, 9.17) is 4.42 Å². The molecule has 0 aliphatic carbocycles. The third-order valence-electron chi connectivity index (χ3n) is 3.59. The monoisotopic (exact) mass is 344 g/mol. The number of benzene rings is 2. The zero-order valence-corrected chi connectivity index (χ0v) is 13.5. The number of rotatable bonds is 3. The second-order valence-corrected chi connectivity index (χ2v) is 7.32. The van der Waals surface area contributed by atoms with Gasteiger partial charge in [0.2, 0.25) is 0 Å². The molecule has 6 heteroatoms. The molecule has 122 valence electrons. The van der Waals surface area contributed by atoms with Gasteiger partial charge in [0.25, 0.3) is 0 Å². The van der Waals surface area contributed by atoms with Crippen molar-refractivity contribution in [3.8, 4) is 22.3 Å². The predicted octanol–water partition coefficient (Wildman–Crippen LogP) is 3.52. The summed E-state index contributed by atoms with van der Waals surface area (Å²) in [5, 5.41) is 0. The molecule has 3 aromatic rings. The van der Waals surface area contributed by atoms with Crippen molar-refractivity contribution in [3.05, 3.63) is 77.1 Å². The maximum Gasteiger partial charge on any atom is 0.344 e. The van der Waals surface area contributed by atoms with Crippen LogP contribution in [0.15, 0.2) is 75.0 Å². The van der Waals surface area contributed by atoms with E-state index in [-0.39, 0.29) is 10.5 Å². The minimum absolute atomic E-state index is 0.182. The lowest BCUT2D eigenvalue weighted by atomic mass is 9.97. The van der Waals surface area contributed by atoms with Crippen LogP contribution in [0, 0.1) is 5.82 Å². The van der Waals surface area contributed by atoms with E-state index in [0.717, 1.165) is 6.26 Å². The highest BCUT2D eigenvalue weighted by atomic mass is 32.2. The molecule has 0 saturated carbocycles. The fourth-order valence-electron chi connectivity index (χ4n) is 2.46. The lowest BCUT2D eigenvalue weighted by Crippen LogP contribution is -2.04. The standard InChI is InChI=1S/C18H13FO4S/c1-24(21,22)15-7-5-12(6-8-15)16-9-10-23-18(20)17(16)13-3-2-4-14(19)11-13/h2-11H,1H3. The maximum absolute atomic E-state index is 13.5. The van der Waals surface area contributed by atoms with Gasteiger partial charge >= 0.3 is 5.63 Å². The Balaban J connectivity index is 2.19. The van der Waals surface area contributed by atoms with Gasteiger partial charge in [0.1, 0.15) is 5.82 Å². The summed E-state index contributed by atoms with van der Waals surface area (Å²) in [7, 11) is -3.31. The summed E-state index contributed by atoms with van der Waals surface area (Å²) < 4.78 is 41.5. The fourth-order valence-corrected chi connectivity index (χ4v) is 3.09. The van der Waals surface area contributed by atoms with Crippen LogP contribution in [-0.2, 0) is 9.84 Å². The van der Waals surface area contributed by atoms with Gasteiger partial charge in [0.15, 0.2) is 9.84 Å². The summed E-state index contributed by atoms with van der Waals surface area (Å²) in [6.07, 6.45) is 2.38. The molecule has 3 rings (SSSR count). The molecule has 2 aromatic carbocycles. The Bertz CT molecular complexity index is 1050. The van der Waals surface area contributed by atoms with Gasteiger partial charge in [-0.15, -0.1) is 0 Å². The SMILES string of the molecule is CS(=O)(=O)c1ccc(-c2ccoc(=O)c2-c2cccc(F)c2)cc1. The second kappa shape index (κ2) is 6.05. The highest BCUT2D eigenvalue weighted by molar-refractivity contribution is 7.90. The largest absolute Gasteiger partial charge is 0.431 e. The first kappa shape index (κ1) is 16.1. The number of halogens is 1. The van der Waals surface area contributed by atoms with Crippen LogP contribution in [0.1, 0.15) is 0 Å². The lowest BCUT2D eigenvalue weighted by molar-refractivity contribution is 0.513. The van der Waals surface area contributed by atoms with E-state index < -0.39 is 21.3 Å². The molecule has 0 fully saturated rings. The van der Waals surface area contributed by atoms with E-state index in [1.807, 2.05) is 0 Å². The van der Waals surface area contributed by atoms with Crippen LogP contribution in [0.2, 0.25) is 0 Å². The summed E-state index contributed by atoms with van der Waals surface area (Å²) in [5.74, 6) is -0.464. The van der Waals surface area contributed by atoms with Gasteiger partial charge < -0.3 is 4.42 Å². The van der Waals surface area contributed by atoms with Crippen molar-refractivity contribution >= 4 is 9.84 Å². The van der Waals surface area contributed by atoms with Crippen LogP contribution >= 0.6 is 0 Å². The molecular weight excluding hydrogens is 331 g/mol. The van der Waals surface area contributed by atoms with Gasteiger partial charge in [-0.2, -0.15) is 0 Å². The molecule has 24 heavy (non-hydrogen) atoms. The normalized spacial score (nSPS) is 11.4. The Kier molecular flexibility index (Phi) is 4.07. The van der Waals surface area contributed by atoms with Crippen LogP contribution < -0.4 is 5.63 Å². The minimum Gasteiger partial charge on any atom is -0.431 e. The molecule has 1 heterocycles. The highest BCUT2D eigenvalue weighted by Crippen LogP contribution is 2.30. The third-order valence-corrected chi connectivity index (χ3v) is 4.72. The average Bonchev–Trinajstić information content (AvgIpc) is 2.54. The molecular formula is C18H13FO4S. The van der Waals surface area contributed by atoms with Crippen molar-refractivity contribution in [1.82, 2.24) is 0 Å². The Morgan fingerprint density at radius 2 is 1.67 bits per heavy atom. The van der Waals surface area contributed by atoms with Crippen molar-refractivity contribution in [1.29, 1.82) is 0 Å². The molecule has 0 aliphatic rings. The second-order valence-electron chi connectivity index (χ2n) is 5.30. The van der Waals surface area contributed by atoms with Gasteiger partial charge in [-0.25, -0.2) is 17.6 Å². The molecule has 0 aliphatic heterocycles. The van der Waals surface area contributed by atoms with Crippen LogP contribution in [0.5, 0.6) is 0 Å². The minimum atomic E-state index is -3.31. The maximum atomic E-state index is 13.5. The van der Waals surface area contributed by atoms with Gasteiger partial charge in [-0.3, -0.25) is 0 Å². The van der Waals surface area contributed by atoms with E-state index >= 15 is 0 Å². The van der Waals surface area contributed by atoms with Gasteiger partial charge in [-0.05, 0) is 47.0 Å². The molecule has 0 atom stereocenters. The highest BCUT2D eigenvalue weighted by Gasteiger charge is 2.14. The smallest absolute Gasteiger partial charge is 0.344 e. The van der Waals surface area contributed by atoms with Gasteiger partial charge in [0.05, 0.1) is 16.7 Å².